The first-order chi connectivity index (χ1) is 9.04. The molecule has 1 aromatic rings. The van der Waals surface area contributed by atoms with E-state index >= 15 is 0 Å². The number of ether oxygens (including phenoxy) is 1. The van der Waals surface area contributed by atoms with Crippen LogP contribution in [0.1, 0.15) is 16.7 Å². The second-order valence-corrected chi connectivity index (χ2v) is 4.64. The third-order valence-electron chi connectivity index (χ3n) is 2.58. The zero-order valence-electron chi connectivity index (χ0n) is 10.4. The molecule has 8 heteroatoms. The van der Waals surface area contributed by atoms with E-state index in [-0.39, 0.29) is 11.6 Å². The van der Waals surface area contributed by atoms with Crippen LogP contribution in [0.2, 0.25) is 0 Å². The number of aryl methyl sites for hydroxylation is 1. The summed E-state index contributed by atoms with van der Waals surface area (Å²) < 4.78 is 65.5. The zero-order chi connectivity index (χ0) is 15.6. The number of alkyl halides is 5. The van der Waals surface area contributed by atoms with Crippen LogP contribution in [0, 0.1) is 6.92 Å². The minimum absolute atomic E-state index is 0.171. The van der Waals surface area contributed by atoms with Gasteiger partial charge in [0.05, 0.1) is 6.61 Å². The Labute approximate surface area is 117 Å². The van der Waals surface area contributed by atoms with Crippen LogP contribution in [0.5, 0.6) is 0 Å². The molecular formula is C12H12F5NOS. The Morgan fingerprint density at radius 1 is 1.25 bits per heavy atom. The van der Waals surface area contributed by atoms with Crippen molar-refractivity contribution in [2.75, 3.05) is 6.61 Å². The van der Waals surface area contributed by atoms with Crippen LogP contribution in [0.15, 0.2) is 18.2 Å². The molecule has 2 nitrogen and oxygen atoms in total. The predicted octanol–water partition coefficient (Wildman–Crippen LogP) is 3.34. The Balaban J connectivity index is 2.66. The second-order valence-electron chi connectivity index (χ2n) is 4.20. The topological polar surface area (TPSA) is 35.2 Å². The van der Waals surface area contributed by atoms with Crippen molar-refractivity contribution in [3.05, 3.63) is 34.9 Å². The maximum Gasteiger partial charge on any atom is 0.455 e. The number of thiocarbonyl (C=S) groups is 1. The van der Waals surface area contributed by atoms with Gasteiger partial charge >= 0.3 is 12.1 Å². The second kappa shape index (κ2) is 6.01. The van der Waals surface area contributed by atoms with Gasteiger partial charge in [-0.1, -0.05) is 24.4 Å². The van der Waals surface area contributed by atoms with Gasteiger partial charge in [0, 0.05) is 5.56 Å². The zero-order valence-corrected chi connectivity index (χ0v) is 11.2. The van der Waals surface area contributed by atoms with E-state index in [4.69, 9.17) is 18.0 Å². The molecular weight excluding hydrogens is 301 g/mol. The fraction of sp³-hybridized carbons (Fsp3) is 0.417. The molecule has 0 heterocycles. The van der Waals surface area contributed by atoms with Gasteiger partial charge in [0.15, 0.2) is 0 Å². The van der Waals surface area contributed by atoms with Crippen molar-refractivity contribution in [3.8, 4) is 0 Å². The average Bonchev–Trinajstić information content (AvgIpc) is 2.29. The molecule has 0 saturated heterocycles. The van der Waals surface area contributed by atoms with Gasteiger partial charge in [0.1, 0.15) is 11.6 Å². The molecule has 0 radical (unpaired) electrons. The van der Waals surface area contributed by atoms with Gasteiger partial charge in [0.2, 0.25) is 0 Å². The molecule has 20 heavy (non-hydrogen) atoms. The van der Waals surface area contributed by atoms with Crippen LogP contribution < -0.4 is 5.73 Å². The minimum Gasteiger partial charge on any atom is -0.389 e. The van der Waals surface area contributed by atoms with E-state index in [1.54, 1.807) is 19.1 Å². The summed E-state index contributed by atoms with van der Waals surface area (Å²) in [7, 11) is 0. The van der Waals surface area contributed by atoms with Gasteiger partial charge < -0.3 is 10.5 Å². The first-order valence-electron chi connectivity index (χ1n) is 5.46. The Morgan fingerprint density at radius 3 is 2.30 bits per heavy atom. The fourth-order valence-electron chi connectivity index (χ4n) is 1.38. The molecule has 0 unspecified atom stereocenters. The number of hydrogen-bond donors (Lipinski definition) is 1. The van der Waals surface area contributed by atoms with Gasteiger partial charge in [-0.15, -0.1) is 0 Å². The summed E-state index contributed by atoms with van der Waals surface area (Å²) >= 11 is 4.76. The smallest absolute Gasteiger partial charge is 0.389 e. The summed E-state index contributed by atoms with van der Waals surface area (Å²) in [6.45, 7) is -0.412. The van der Waals surface area contributed by atoms with Crippen molar-refractivity contribution < 1.29 is 26.7 Å². The van der Waals surface area contributed by atoms with E-state index in [1.165, 1.54) is 6.07 Å². The first kappa shape index (κ1) is 16.8. The molecule has 0 aliphatic heterocycles. The van der Waals surface area contributed by atoms with Crippen LogP contribution in [-0.2, 0) is 11.3 Å². The van der Waals surface area contributed by atoms with Gasteiger partial charge in [-0.2, -0.15) is 22.0 Å². The molecule has 1 rings (SSSR count). The summed E-state index contributed by atoms with van der Waals surface area (Å²) in [6, 6.07) is 4.69. The largest absolute Gasteiger partial charge is 0.455 e. The van der Waals surface area contributed by atoms with Crippen LogP contribution in [0.3, 0.4) is 0 Å². The highest BCUT2D eigenvalue weighted by Crippen LogP contribution is 2.35. The molecule has 112 valence electrons. The Hall–Kier alpha value is -1.28. The minimum atomic E-state index is -5.61. The monoisotopic (exact) mass is 313 g/mol. The quantitative estimate of drug-likeness (QED) is 0.669. The third kappa shape index (κ3) is 4.11. The highest BCUT2D eigenvalue weighted by molar-refractivity contribution is 7.80. The van der Waals surface area contributed by atoms with E-state index in [1.807, 2.05) is 0 Å². The Kier molecular flexibility index (Phi) is 5.04. The number of rotatable bonds is 5. The van der Waals surface area contributed by atoms with E-state index in [0.29, 0.717) is 16.7 Å². The molecule has 0 atom stereocenters. The normalized spacial score (nSPS) is 12.5. The van der Waals surface area contributed by atoms with Crippen molar-refractivity contribution in [3.63, 3.8) is 0 Å². The van der Waals surface area contributed by atoms with E-state index in [9.17, 15) is 22.0 Å². The average molecular weight is 313 g/mol. The Morgan fingerprint density at radius 2 is 1.85 bits per heavy atom. The molecule has 0 spiro atoms. The van der Waals surface area contributed by atoms with Crippen molar-refractivity contribution in [2.24, 2.45) is 5.73 Å². The molecule has 0 saturated carbocycles. The summed E-state index contributed by atoms with van der Waals surface area (Å²) in [5, 5.41) is 0. The van der Waals surface area contributed by atoms with Gasteiger partial charge in [-0.05, 0) is 24.1 Å². The van der Waals surface area contributed by atoms with Crippen molar-refractivity contribution in [1.82, 2.24) is 0 Å². The maximum atomic E-state index is 12.6. The summed E-state index contributed by atoms with van der Waals surface area (Å²) in [5.41, 5.74) is 7.13. The summed E-state index contributed by atoms with van der Waals surface area (Å²) in [6.07, 6.45) is -5.61. The van der Waals surface area contributed by atoms with Gasteiger partial charge in [-0.3, -0.25) is 0 Å². The lowest BCUT2D eigenvalue weighted by atomic mass is 10.1. The van der Waals surface area contributed by atoms with Crippen LogP contribution >= 0.6 is 12.2 Å². The molecule has 2 N–H and O–H groups in total. The van der Waals surface area contributed by atoms with Crippen LogP contribution in [0.25, 0.3) is 0 Å². The standard InChI is InChI=1S/C12H12F5NOS/c1-7-4-8(10(18)20)2-3-9(7)5-19-6-11(13,14)12(15,16)17/h2-4H,5-6H2,1H3,(H2,18,20). The van der Waals surface area contributed by atoms with Crippen molar-refractivity contribution in [2.45, 2.75) is 25.6 Å². The van der Waals surface area contributed by atoms with E-state index < -0.39 is 18.7 Å². The maximum absolute atomic E-state index is 12.6. The molecule has 0 aliphatic carbocycles. The van der Waals surface area contributed by atoms with Crippen molar-refractivity contribution >= 4 is 17.2 Å². The highest BCUT2D eigenvalue weighted by atomic mass is 32.1. The Bertz CT molecular complexity index is 501. The first-order valence-corrected chi connectivity index (χ1v) is 5.87. The highest BCUT2D eigenvalue weighted by Gasteiger charge is 2.57. The van der Waals surface area contributed by atoms with Crippen LogP contribution in [-0.4, -0.2) is 23.7 Å². The molecule has 0 amide bonds. The summed E-state index contributed by atoms with van der Waals surface area (Å²) in [4.78, 5) is 0.171. The van der Waals surface area contributed by atoms with Crippen LogP contribution in [0.4, 0.5) is 22.0 Å². The number of nitrogens with two attached hydrogens (primary N) is 1. The predicted molar refractivity (Wildman–Crippen MR) is 67.7 cm³/mol. The summed E-state index contributed by atoms with van der Waals surface area (Å²) in [5.74, 6) is -4.86. The number of benzene rings is 1. The van der Waals surface area contributed by atoms with E-state index in [2.05, 4.69) is 4.74 Å². The molecule has 0 bridgehead atoms. The molecule has 0 aliphatic rings. The fourth-order valence-corrected chi connectivity index (χ4v) is 1.51. The number of halogens is 5. The lowest BCUT2D eigenvalue weighted by Gasteiger charge is -2.19. The lowest BCUT2D eigenvalue weighted by Crippen LogP contribution is -2.40. The van der Waals surface area contributed by atoms with E-state index in [0.717, 1.165) is 0 Å². The SMILES string of the molecule is Cc1cc(C(N)=S)ccc1COCC(F)(F)C(F)(F)F. The lowest BCUT2D eigenvalue weighted by molar-refractivity contribution is -0.297. The van der Waals surface area contributed by atoms with Crippen molar-refractivity contribution in [1.29, 1.82) is 0 Å². The molecule has 0 aromatic heterocycles. The molecule has 1 aromatic carbocycles. The van der Waals surface area contributed by atoms with Gasteiger partial charge in [0.25, 0.3) is 0 Å². The molecule has 0 fully saturated rings. The van der Waals surface area contributed by atoms with Gasteiger partial charge in [-0.25, -0.2) is 0 Å². The third-order valence-corrected chi connectivity index (χ3v) is 2.82. The number of hydrogen-bond acceptors (Lipinski definition) is 2.